The molecular formula is C15H20F3NO2. The molecule has 1 aromatic carbocycles. The van der Waals surface area contributed by atoms with Gasteiger partial charge in [-0.15, -0.1) is 0 Å². The molecule has 0 amide bonds. The van der Waals surface area contributed by atoms with Crippen LogP contribution in [-0.2, 0) is 10.9 Å². The molecule has 0 radical (unpaired) electrons. The smallest absolute Gasteiger partial charge is 0.416 e. The number of benzene rings is 1. The van der Waals surface area contributed by atoms with Crippen molar-refractivity contribution in [3.8, 4) is 0 Å². The first kappa shape index (κ1) is 17.3. The Morgan fingerprint density at radius 2 is 1.81 bits per heavy atom. The van der Waals surface area contributed by atoms with E-state index in [4.69, 9.17) is 10.5 Å². The van der Waals surface area contributed by atoms with Crippen LogP contribution in [0.25, 0.3) is 0 Å². The number of rotatable bonds is 7. The molecule has 3 nitrogen and oxygen atoms in total. The number of esters is 1. The summed E-state index contributed by atoms with van der Waals surface area (Å²) in [7, 11) is 0. The standard InChI is InChI=1S/C15H20F3NO2/c1-2-3-4-5-6-7-21-14(20)11-8-12(15(16,17)18)10-13(19)9-11/h8-10H,2-7,19H2,1H3. The maximum Gasteiger partial charge on any atom is 0.416 e. The highest BCUT2D eigenvalue weighted by Crippen LogP contribution is 2.31. The molecule has 1 rings (SSSR count). The highest BCUT2D eigenvalue weighted by molar-refractivity contribution is 5.90. The van der Waals surface area contributed by atoms with E-state index >= 15 is 0 Å². The fourth-order valence-electron chi connectivity index (χ4n) is 1.89. The average molecular weight is 303 g/mol. The minimum atomic E-state index is -4.54. The Morgan fingerprint density at radius 3 is 2.43 bits per heavy atom. The third-order valence-corrected chi connectivity index (χ3v) is 3.00. The van der Waals surface area contributed by atoms with Gasteiger partial charge in [0.15, 0.2) is 0 Å². The zero-order valence-corrected chi connectivity index (χ0v) is 12.0. The summed E-state index contributed by atoms with van der Waals surface area (Å²) in [6.45, 7) is 2.30. The van der Waals surface area contributed by atoms with Crippen LogP contribution in [0, 0.1) is 0 Å². The number of hydrogen-bond donors (Lipinski definition) is 1. The van der Waals surface area contributed by atoms with Gasteiger partial charge in [0, 0.05) is 5.69 Å². The normalized spacial score (nSPS) is 11.4. The summed E-state index contributed by atoms with van der Waals surface area (Å²) in [4.78, 5) is 11.7. The van der Waals surface area contributed by atoms with E-state index in [1.807, 2.05) is 0 Å². The van der Waals surface area contributed by atoms with E-state index in [1.165, 1.54) is 6.07 Å². The van der Waals surface area contributed by atoms with Gasteiger partial charge in [-0.25, -0.2) is 4.79 Å². The van der Waals surface area contributed by atoms with Crippen LogP contribution < -0.4 is 5.73 Å². The van der Waals surface area contributed by atoms with Gasteiger partial charge in [0.05, 0.1) is 17.7 Å². The minimum Gasteiger partial charge on any atom is -0.462 e. The predicted molar refractivity (Wildman–Crippen MR) is 74.9 cm³/mol. The summed E-state index contributed by atoms with van der Waals surface area (Å²) in [6, 6.07) is 2.74. The lowest BCUT2D eigenvalue weighted by Gasteiger charge is -2.10. The maximum absolute atomic E-state index is 12.6. The second kappa shape index (κ2) is 7.90. The molecule has 0 heterocycles. The van der Waals surface area contributed by atoms with E-state index in [-0.39, 0.29) is 17.9 Å². The Morgan fingerprint density at radius 1 is 1.14 bits per heavy atom. The van der Waals surface area contributed by atoms with Gasteiger partial charge in [0.2, 0.25) is 0 Å². The van der Waals surface area contributed by atoms with Crippen LogP contribution in [-0.4, -0.2) is 12.6 Å². The monoisotopic (exact) mass is 303 g/mol. The number of carbonyl (C=O) groups is 1. The second-order valence-corrected chi connectivity index (χ2v) is 4.89. The van der Waals surface area contributed by atoms with Gasteiger partial charge in [-0.1, -0.05) is 32.6 Å². The first-order valence-electron chi connectivity index (χ1n) is 6.99. The van der Waals surface area contributed by atoms with Gasteiger partial charge in [-0.3, -0.25) is 0 Å². The van der Waals surface area contributed by atoms with E-state index in [2.05, 4.69) is 6.92 Å². The van der Waals surface area contributed by atoms with Gasteiger partial charge < -0.3 is 10.5 Å². The van der Waals surface area contributed by atoms with Crippen LogP contribution >= 0.6 is 0 Å². The molecule has 0 aliphatic rings. The Hall–Kier alpha value is -1.72. The van der Waals surface area contributed by atoms with Crippen molar-refractivity contribution in [2.45, 2.75) is 45.2 Å². The quantitative estimate of drug-likeness (QED) is 0.461. The van der Waals surface area contributed by atoms with Crippen molar-refractivity contribution in [1.29, 1.82) is 0 Å². The first-order valence-corrected chi connectivity index (χ1v) is 6.99. The van der Waals surface area contributed by atoms with Crippen LogP contribution in [0.3, 0.4) is 0 Å². The lowest BCUT2D eigenvalue weighted by atomic mass is 10.1. The van der Waals surface area contributed by atoms with Crippen LogP contribution in [0.5, 0.6) is 0 Å². The largest absolute Gasteiger partial charge is 0.462 e. The number of halogens is 3. The molecule has 0 saturated heterocycles. The summed E-state index contributed by atoms with van der Waals surface area (Å²) < 4.78 is 42.9. The molecule has 2 N–H and O–H groups in total. The second-order valence-electron chi connectivity index (χ2n) is 4.89. The molecular weight excluding hydrogens is 283 g/mol. The molecule has 0 aromatic heterocycles. The summed E-state index contributed by atoms with van der Waals surface area (Å²) in [6.07, 6.45) is 0.405. The number of nitrogen functional groups attached to an aromatic ring is 1. The van der Waals surface area contributed by atoms with E-state index in [9.17, 15) is 18.0 Å². The first-order chi connectivity index (χ1) is 9.84. The highest BCUT2D eigenvalue weighted by Gasteiger charge is 2.31. The minimum absolute atomic E-state index is 0.111. The van der Waals surface area contributed by atoms with E-state index in [0.29, 0.717) is 6.42 Å². The fourth-order valence-corrected chi connectivity index (χ4v) is 1.89. The molecule has 21 heavy (non-hydrogen) atoms. The van der Waals surface area contributed by atoms with Crippen LogP contribution in [0.15, 0.2) is 18.2 Å². The lowest BCUT2D eigenvalue weighted by molar-refractivity contribution is -0.137. The molecule has 118 valence electrons. The topological polar surface area (TPSA) is 52.3 Å². The molecule has 0 atom stereocenters. The third kappa shape index (κ3) is 6.06. The Balaban J connectivity index is 2.56. The molecule has 0 saturated carbocycles. The van der Waals surface area contributed by atoms with E-state index in [0.717, 1.165) is 37.8 Å². The van der Waals surface area contributed by atoms with Crippen molar-refractivity contribution in [2.24, 2.45) is 0 Å². The molecule has 1 aromatic rings. The summed E-state index contributed by atoms with van der Waals surface area (Å²) in [5.74, 6) is -0.775. The molecule has 0 aliphatic carbocycles. The van der Waals surface area contributed by atoms with Crippen molar-refractivity contribution >= 4 is 11.7 Å². The summed E-state index contributed by atoms with van der Waals surface area (Å²) in [5, 5.41) is 0. The summed E-state index contributed by atoms with van der Waals surface area (Å²) in [5.41, 5.74) is 4.17. The Labute approximate surface area is 122 Å². The van der Waals surface area contributed by atoms with Crippen molar-refractivity contribution in [1.82, 2.24) is 0 Å². The van der Waals surface area contributed by atoms with Crippen LogP contribution in [0.1, 0.15) is 54.9 Å². The Kier molecular flexibility index (Phi) is 6.52. The van der Waals surface area contributed by atoms with Crippen molar-refractivity contribution in [3.63, 3.8) is 0 Å². The average Bonchev–Trinajstić information content (AvgIpc) is 2.40. The molecule has 0 aliphatic heterocycles. The van der Waals surface area contributed by atoms with Crippen molar-refractivity contribution < 1.29 is 22.7 Å². The van der Waals surface area contributed by atoms with Gasteiger partial charge in [-0.05, 0) is 24.6 Å². The number of nitrogens with two attached hydrogens (primary N) is 1. The molecule has 6 heteroatoms. The van der Waals surface area contributed by atoms with Crippen molar-refractivity contribution in [2.75, 3.05) is 12.3 Å². The maximum atomic E-state index is 12.6. The third-order valence-electron chi connectivity index (χ3n) is 3.00. The van der Waals surface area contributed by atoms with E-state index < -0.39 is 17.7 Å². The van der Waals surface area contributed by atoms with Crippen molar-refractivity contribution in [3.05, 3.63) is 29.3 Å². The van der Waals surface area contributed by atoms with Crippen LogP contribution in [0.2, 0.25) is 0 Å². The van der Waals surface area contributed by atoms with Gasteiger partial charge in [-0.2, -0.15) is 13.2 Å². The molecule has 0 bridgehead atoms. The fraction of sp³-hybridized carbons (Fsp3) is 0.533. The molecule has 0 spiro atoms. The van der Waals surface area contributed by atoms with Gasteiger partial charge >= 0.3 is 12.1 Å². The molecule has 0 fully saturated rings. The SMILES string of the molecule is CCCCCCCOC(=O)c1cc(N)cc(C(F)(F)F)c1. The molecule has 0 unspecified atom stereocenters. The van der Waals surface area contributed by atoms with E-state index in [1.54, 1.807) is 0 Å². The number of alkyl halides is 3. The highest BCUT2D eigenvalue weighted by atomic mass is 19.4. The predicted octanol–water partition coefficient (Wildman–Crippen LogP) is 4.41. The zero-order chi connectivity index (χ0) is 15.9. The van der Waals surface area contributed by atoms with Crippen LogP contribution in [0.4, 0.5) is 18.9 Å². The number of carbonyl (C=O) groups excluding carboxylic acids is 1. The van der Waals surface area contributed by atoms with Gasteiger partial charge in [0.1, 0.15) is 0 Å². The van der Waals surface area contributed by atoms with Gasteiger partial charge in [0.25, 0.3) is 0 Å². The lowest BCUT2D eigenvalue weighted by Crippen LogP contribution is -2.11. The number of anilines is 1. The summed E-state index contributed by atoms with van der Waals surface area (Å²) >= 11 is 0. The Bertz CT molecular complexity index is 472. The number of unbranched alkanes of at least 4 members (excludes halogenated alkanes) is 4. The zero-order valence-electron chi connectivity index (χ0n) is 12.0. The number of ether oxygens (including phenoxy) is 1. The number of hydrogen-bond acceptors (Lipinski definition) is 3.